The number of carbonyl (C=O) groups excluding carboxylic acids is 1. The monoisotopic (exact) mass is 353 g/mol. The molecule has 0 saturated carbocycles. The van der Waals surface area contributed by atoms with Gasteiger partial charge in [-0.1, -0.05) is 12.1 Å². The van der Waals surface area contributed by atoms with Crippen molar-refractivity contribution in [3.05, 3.63) is 29.8 Å². The summed E-state index contributed by atoms with van der Waals surface area (Å²) < 4.78 is 5.37. The van der Waals surface area contributed by atoms with E-state index in [1.165, 1.54) is 5.56 Å². The standard InChI is InChI=1S/C18H27N3O2.ClH/c1-14-12-16(6-7-19-14)18(22)20-17-4-2-15(3-5-17)13-21-8-10-23-11-9-21;/h2-5,14,16,19H,6-13H2,1H3,(H,20,22);1H/t14-,16-;/m0./s1. The molecule has 0 spiro atoms. The number of morpholine rings is 1. The van der Waals surface area contributed by atoms with E-state index in [9.17, 15) is 4.79 Å². The largest absolute Gasteiger partial charge is 0.379 e. The minimum absolute atomic E-state index is 0. The van der Waals surface area contributed by atoms with E-state index >= 15 is 0 Å². The number of carbonyl (C=O) groups is 1. The van der Waals surface area contributed by atoms with Crippen LogP contribution >= 0.6 is 12.4 Å². The molecular weight excluding hydrogens is 326 g/mol. The van der Waals surface area contributed by atoms with Crippen molar-refractivity contribution in [2.75, 3.05) is 38.2 Å². The number of rotatable bonds is 4. The fraction of sp³-hybridized carbons (Fsp3) is 0.611. The van der Waals surface area contributed by atoms with Crippen LogP contribution in [0.5, 0.6) is 0 Å². The van der Waals surface area contributed by atoms with Crippen LogP contribution in [0.1, 0.15) is 25.3 Å². The van der Waals surface area contributed by atoms with Crippen LogP contribution in [0.25, 0.3) is 0 Å². The zero-order valence-electron chi connectivity index (χ0n) is 14.3. The highest BCUT2D eigenvalue weighted by molar-refractivity contribution is 5.92. The Hall–Kier alpha value is -1.14. The van der Waals surface area contributed by atoms with E-state index < -0.39 is 0 Å². The van der Waals surface area contributed by atoms with E-state index in [0.29, 0.717) is 6.04 Å². The number of ether oxygens (including phenoxy) is 1. The molecule has 1 aromatic carbocycles. The third-order valence-corrected chi connectivity index (χ3v) is 4.73. The zero-order valence-corrected chi connectivity index (χ0v) is 15.1. The molecule has 0 aliphatic carbocycles. The number of piperidine rings is 1. The molecule has 6 heteroatoms. The van der Waals surface area contributed by atoms with Gasteiger partial charge in [0, 0.05) is 37.3 Å². The highest BCUT2D eigenvalue weighted by Gasteiger charge is 2.24. The molecule has 134 valence electrons. The molecule has 2 aliphatic heterocycles. The van der Waals surface area contributed by atoms with Crippen molar-refractivity contribution in [3.63, 3.8) is 0 Å². The van der Waals surface area contributed by atoms with Crippen LogP contribution in [-0.2, 0) is 16.1 Å². The molecule has 3 rings (SSSR count). The lowest BCUT2D eigenvalue weighted by Crippen LogP contribution is -2.40. The number of nitrogens with one attached hydrogen (secondary N) is 2. The lowest BCUT2D eigenvalue weighted by atomic mass is 9.92. The van der Waals surface area contributed by atoms with Gasteiger partial charge in [0.2, 0.25) is 5.91 Å². The Morgan fingerprint density at radius 2 is 2.00 bits per heavy atom. The molecule has 1 amide bonds. The summed E-state index contributed by atoms with van der Waals surface area (Å²) in [5.74, 6) is 0.276. The Morgan fingerprint density at radius 3 is 2.67 bits per heavy atom. The maximum absolute atomic E-state index is 12.4. The van der Waals surface area contributed by atoms with Crippen molar-refractivity contribution in [2.24, 2.45) is 5.92 Å². The Balaban J connectivity index is 0.00000208. The lowest BCUT2D eigenvalue weighted by Gasteiger charge is -2.27. The van der Waals surface area contributed by atoms with E-state index in [1.54, 1.807) is 0 Å². The number of benzene rings is 1. The van der Waals surface area contributed by atoms with Crippen LogP contribution in [0.15, 0.2) is 24.3 Å². The van der Waals surface area contributed by atoms with Crippen LogP contribution in [0.3, 0.4) is 0 Å². The zero-order chi connectivity index (χ0) is 16.1. The fourth-order valence-corrected chi connectivity index (χ4v) is 3.33. The lowest BCUT2D eigenvalue weighted by molar-refractivity contribution is -0.120. The van der Waals surface area contributed by atoms with Gasteiger partial charge < -0.3 is 15.4 Å². The first-order chi connectivity index (χ1) is 11.2. The smallest absolute Gasteiger partial charge is 0.227 e. The highest BCUT2D eigenvalue weighted by atomic mass is 35.5. The molecule has 2 N–H and O–H groups in total. The van der Waals surface area contributed by atoms with E-state index in [1.807, 2.05) is 12.1 Å². The summed E-state index contributed by atoms with van der Waals surface area (Å²) in [7, 11) is 0. The molecule has 0 radical (unpaired) electrons. The third-order valence-electron chi connectivity index (χ3n) is 4.73. The topological polar surface area (TPSA) is 53.6 Å². The van der Waals surface area contributed by atoms with Crippen LogP contribution in [0.4, 0.5) is 5.69 Å². The second-order valence-corrected chi connectivity index (χ2v) is 6.65. The molecule has 0 unspecified atom stereocenters. The predicted octanol–water partition coefficient (Wildman–Crippen LogP) is 2.27. The highest BCUT2D eigenvalue weighted by Crippen LogP contribution is 2.19. The normalized spacial score (nSPS) is 24.9. The van der Waals surface area contributed by atoms with Crippen molar-refractivity contribution in [1.82, 2.24) is 10.2 Å². The second-order valence-electron chi connectivity index (χ2n) is 6.65. The summed E-state index contributed by atoms with van der Waals surface area (Å²) in [4.78, 5) is 14.8. The van der Waals surface area contributed by atoms with E-state index in [2.05, 4.69) is 34.6 Å². The van der Waals surface area contributed by atoms with Gasteiger partial charge in [0.15, 0.2) is 0 Å². The van der Waals surface area contributed by atoms with Gasteiger partial charge in [-0.15, -0.1) is 12.4 Å². The van der Waals surface area contributed by atoms with Gasteiger partial charge in [-0.3, -0.25) is 9.69 Å². The fourth-order valence-electron chi connectivity index (χ4n) is 3.33. The van der Waals surface area contributed by atoms with E-state index in [4.69, 9.17) is 4.74 Å². The SMILES string of the molecule is C[C@H]1C[C@@H](C(=O)Nc2ccc(CN3CCOCC3)cc2)CCN1.Cl. The van der Waals surface area contributed by atoms with Crippen molar-refractivity contribution in [3.8, 4) is 0 Å². The number of anilines is 1. The van der Waals surface area contributed by atoms with Gasteiger partial charge in [-0.2, -0.15) is 0 Å². The summed E-state index contributed by atoms with van der Waals surface area (Å²) in [5.41, 5.74) is 2.17. The number of nitrogens with zero attached hydrogens (tertiary/aromatic N) is 1. The molecule has 1 aromatic rings. The van der Waals surface area contributed by atoms with Gasteiger partial charge >= 0.3 is 0 Å². The Kier molecular flexibility index (Phi) is 7.49. The second kappa shape index (κ2) is 9.37. The van der Waals surface area contributed by atoms with Crippen molar-refractivity contribution in [2.45, 2.75) is 32.4 Å². The van der Waals surface area contributed by atoms with Crippen molar-refractivity contribution < 1.29 is 9.53 Å². The summed E-state index contributed by atoms with van der Waals surface area (Å²) in [6.07, 6.45) is 1.84. The van der Waals surface area contributed by atoms with Gasteiger partial charge in [-0.25, -0.2) is 0 Å². The van der Waals surface area contributed by atoms with Gasteiger partial charge in [-0.05, 0) is 44.0 Å². The molecule has 0 aromatic heterocycles. The predicted molar refractivity (Wildman–Crippen MR) is 98.6 cm³/mol. The average Bonchev–Trinajstić information content (AvgIpc) is 2.57. The van der Waals surface area contributed by atoms with Crippen LogP contribution in [-0.4, -0.2) is 49.7 Å². The van der Waals surface area contributed by atoms with E-state index in [-0.39, 0.29) is 24.2 Å². The van der Waals surface area contributed by atoms with Crippen LogP contribution < -0.4 is 10.6 Å². The van der Waals surface area contributed by atoms with Crippen LogP contribution in [0, 0.1) is 5.92 Å². The first-order valence-corrected chi connectivity index (χ1v) is 8.64. The number of amides is 1. The Bertz CT molecular complexity index is 518. The Labute approximate surface area is 150 Å². The minimum atomic E-state index is 0. The van der Waals surface area contributed by atoms with Crippen molar-refractivity contribution >= 4 is 24.0 Å². The third kappa shape index (κ3) is 5.45. The van der Waals surface area contributed by atoms with Crippen LogP contribution in [0.2, 0.25) is 0 Å². The summed E-state index contributed by atoms with van der Waals surface area (Å²) in [6, 6.07) is 8.67. The molecule has 2 heterocycles. The first kappa shape index (κ1) is 19.2. The molecule has 2 aliphatic rings. The van der Waals surface area contributed by atoms with E-state index in [0.717, 1.165) is 57.9 Å². The maximum atomic E-state index is 12.4. The maximum Gasteiger partial charge on any atom is 0.227 e. The summed E-state index contributed by atoms with van der Waals surface area (Å²) >= 11 is 0. The van der Waals surface area contributed by atoms with Crippen molar-refractivity contribution in [1.29, 1.82) is 0 Å². The number of hydrogen-bond donors (Lipinski definition) is 2. The quantitative estimate of drug-likeness (QED) is 0.872. The van der Waals surface area contributed by atoms with Gasteiger partial charge in [0.05, 0.1) is 13.2 Å². The molecule has 5 nitrogen and oxygen atoms in total. The molecule has 2 fully saturated rings. The number of halogens is 1. The summed E-state index contributed by atoms with van der Waals surface area (Å²) in [6.45, 7) is 7.64. The number of hydrogen-bond acceptors (Lipinski definition) is 4. The molecule has 24 heavy (non-hydrogen) atoms. The van der Waals surface area contributed by atoms with Gasteiger partial charge in [0.1, 0.15) is 0 Å². The Morgan fingerprint density at radius 1 is 1.29 bits per heavy atom. The minimum Gasteiger partial charge on any atom is -0.379 e. The first-order valence-electron chi connectivity index (χ1n) is 8.64. The van der Waals surface area contributed by atoms with Gasteiger partial charge in [0.25, 0.3) is 0 Å². The average molecular weight is 354 g/mol. The molecule has 2 saturated heterocycles. The molecular formula is C18H28ClN3O2. The molecule has 2 atom stereocenters. The summed E-state index contributed by atoms with van der Waals surface area (Å²) in [5, 5.41) is 6.45. The molecule has 0 bridgehead atoms.